The summed E-state index contributed by atoms with van der Waals surface area (Å²) in [6.07, 6.45) is 0. The summed E-state index contributed by atoms with van der Waals surface area (Å²) in [5, 5.41) is 1.75. The van der Waals surface area contributed by atoms with Gasteiger partial charge in [0.05, 0.1) is 0 Å². The Bertz CT molecular complexity index is 1060. The van der Waals surface area contributed by atoms with Gasteiger partial charge in [-0.25, -0.2) is 0 Å². The van der Waals surface area contributed by atoms with Gasteiger partial charge >= 0.3 is 202 Å². The van der Waals surface area contributed by atoms with Gasteiger partial charge in [-0.1, -0.05) is 0 Å². The van der Waals surface area contributed by atoms with Gasteiger partial charge in [0.15, 0.2) is 0 Å². The van der Waals surface area contributed by atoms with Gasteiger partial charge in [0.1, 0.15) is 0 Å². The molecule has 0 unspecified atom stereocenters. The zero-order chi connectivity index (χ0) is 24.5. The third-order valence-electron chi connectivity index (χ3n) is 8.92. The number of hydrogen-bond donors (Lipinski definition) is 0. The Morgan fingerprint density at radius 1 is 0.594 bits per heavy atom. The quantitative estimate of drug-likeness (QED) is 0.486. The van der Waals surface area contributed by atoms with Gasteiger partial charge in [-0.2, -0.15) is 0 Å². The van der Waals surface area contributed by atoms with Gasteiger partial charge in [-0.15, -0.1) is 0 Å². The second kappa shape index (κ2) is 7.98. The standard InChI is InChI=1S/C28H44B2Si2/c1-17-15-18(2)22(6)25(21(17)5)29-27-28(31(9,10)11,32(12,13)14)30(27)26-23(7)19(3)16-20(4)24(26)8/h15-16H,1-14H3. The van der Waals surface area contributed by atoms with Crippen LogP contribution in [0.5, 0.6) is 0 Å². The Labute approximate surface area is 201 Å². The predicted molar refractivity (Wildman–Crippen MR) is 156 cm³/mol. The molecule has 1 fully saturated rings. The van der Waals surface area contributed by atoms with Crippen LogP contribution in [-0.4, -0.2) is 35.1 Å². The van der Waals surface area contributed by atoms with Gasteiger partial charge in [0, 0.05) is 0 Å². The number of aryl methyl sites for hydroxylation is 4. The Morgan fingerprint density at radius 2 is 0.938 bits per heavy atom. The topological polar surface area (TPSA) is 0 Å². The molecule has 32 heavy (non-hydrogen) atoms. The van der Waals surface area contributed by atoms with Crippen LogP contribution in [0.4, 0.5) is 0 Å². The summed E-state index contributed by atoms with van der Waals surface area (Å²) >= 11 is 0. The average molecular weight is 458 g/mol. The second-order valence-electron chi connectivity index (χ2n) is 12.7. The molecule has 1 aliphatic heterocycles. The van der Waals surface area contributed by atoms with E-state index in [1.54, 1.807) is 10.8 Å². The van der Waals surface area contributed by atoms with E-state index >= 15 is 0 Å². The summed E-state index contributed by atoms with van der Waals surface area (Å²) in [6.45, 7) is 37.6. The molecule has 0 N–H and O–H groups in total. The normalized spacial score (nSPS) is 17.1. The molecule has 4 heteroatoms. The van der Waals surface area contributed by atoms with E-state index in [2.05, 4.69) is 114 Å². The van der Waals surface area contributed by atoms with E-state index in [-0.39, 0.29) is 0 Å². The fourth-order valence-corrected chi connectivity index (χ4v) is 20.4. The molecule has 1 heterocycles. The maximum absolute atomic E-state index is 2.67. The third-order valence-corrected chi connectivity index (χ3v) is 19.3. The first kappa shape index (κ1) is 25.5. The molecule has 3 rings (SSSR count). The predicted octanol–water partition coefficient (Wildman–Crippen LogP) is 6.11. The van der Waals surface area contributed by atoms with Crippen molar-refractivity contribution < 1.29 is 0 Å². The average Bonchev–Trinajstić information content (AvgIpc) is 3.32. The fraction of sp³-hybridized carbons (Fsp3) is 0.536. The van der Waals surface area contributed by atoms with Crippen molar-refractivity contribution in [1.29, 1.82) is 0 Å². The van der Waals surface area contributed by atoms with E-state index in [0.717, 1.165) is 0 Å². The number of benzene rings is 2. The Hall–Kier alpha value is -1.13. The number of hydrogen-bond acceptors (Lipinski definition) is 0. The van der Waals surface area contributed by atoms with Crippen LogP contribution in [0, 0.1) is 55.4 Å². The minimum atomic E-state index is -1.52. The summed E-state index contributed by atoms with van der Waals surface area (Å²) in [5.74, 6) is 0. The van der Waals surface area contributed by atoms with E-state index in [4.69, 9.17) is 0 Å². The van der Waals surface area contributed by atoms with Crippen LogP contribution in [0.1, 0.15) is 44.5 Å². The Morgan fingerprint density at radius 3 is 1.28 bits per heavy atom. The fourth-order valence-electron chi connectivity index (χ4n) is 7.08. The van der Waals surface area contributed by atoms with Crippen molar-refractivity contribution in [2.45, 2.75) is 99.2 Å². The molecular formula is C28H44B2Si2. The van der Waals surface area contributed by atoms with Crippen molar-refractivity contribution in [3.05, 3.63) is 56.6 Å². The van der Waals surface area contributed by atoms with Gasteiger partial charge in [-0.3, -0.25) is 0 Å². The van der Waals surface area contributed by atoms with Crippen LogP contribution < -0.4 is 10.9 Å². The zero-order valence-electron chi connectivity index (χ0n) is 23.3. The van der Waals surface area contributed by atoms with E-state index in [1.165, 1.54) is 50.0 Å². The summed E-state index contributed by atoms with van der Waals surface area (Å²) in [5.41, 5.74) is 14.8. The molecule has 1 aliphatic rings. The third kappa shape index (κ3) is 3.61. The summed E-state index contributed by atoms with van der Waals surface area (Å²) in [6, 6.07) is 4.75. The van der Waals surface area contributed by atoms with Crippen molar-refractivity contribution in [1.82, 2.24) is 0 Å². The molecule has 170 valence electrons. The molecule has 1 saturated heterocycles. The minimum absolute atomic E-state index is 0.395. The summed E-state index contributed by atoms with van der Waals surface area (Å²) < 4.78 is 0.395. The number of rotatable bonds is 4. The Kier molecular flexibility index (Phi) is 6.36. The van der Waals surface area contributed by atoms with Crippen LogP contribution in [0.15, 0.2) is 12.1 Å². The summed E-state index contributed by atoms with van der Waals surface area (Å²) in [7, 11) is -3.04. The summed E-state index contributed by atoms with van der Waals surface area (Å²) in [4.78, 5) is 0. The van der Waals surface area contributed by atoms with Gasteiger partial charge in [0.25, 0.3) is 0 Å². The molecule has 0 radical (unpaired) electrons. The van der Waals surface area contributed by atoms with Crippen LogP contribution in [0.2, 0.25) is 43.8 Å². The van der Waals surface area contributed by atoms with Crippen molar-refractivity contribution in [3.8, 4) is 0 Å². The van der Waals surface area contributed by atoms with E-state index in [0.29, 0.717) is 11.3 Å². The van der Waals surface area contributed by atoms with Gasteiger partial charge in [0.2, 0.25) is 0 Å². The van der Waals surface area contributed by atoms with E-state index < -0.39 is 16.1 Å². The molecule has 0 saturated carbocycles. The molecule has 0 atom stereocenters. The van der Waals surface area contributed by atoms with Crippen LogP contribution >= 0.6 is 0 Å². The van der Waals surface area contributed by atoms with E-state index in [9.17, 15) is 0 Å². The van der Waals surface area contributed by atoms with Gasteiger partial charge < -0.3 is 0 Å². The molecule has 2 aromatic rings. The molecule has 2 aromatic carbocycles. The SMILES string of the molecule is Cc1cc(C)c(C)c(B=C2B(c3c(C)c(C)cc(C)c3C)C2([Si](C)(C)C)[Si](C)(C)C)c1C. The first-order valence-electron chi connectivity index (χ1n) is 12.3. The maximum atomic E-state index is 2.67. The van der Waals surface area contributed by atoms with Crippen molar-refractivity contribution >= 4 is 46.1 Å². The molecule has 0 spiro atoms. The molecule has 0 aliphatic carbocycles. The van der Waals surface area contributed by atoms with Crippen LogP contribution in [0.3, 0.4) is 0 Å². The van der Waals surface area contributed by atoms with Crippen LogP contribution in [0.25, 0.3) is 0 Å². The molecular weight excluding hydrogens is 414 g/mol. The van der Waals surface area contributed by atoms with Crippen molar-refractivity contribution in [3.63, 3.8) is 0 Å². The Balaban J connectivity index is 2.44. The second-order valence-corrected chi connectivity index (χ2v) is 23.8. The van der Waals surface area contributed by atoms with Gasteiger partial charge in [-0.05, 0) is 0 Å². The van der Waals surface area contributed by atoms with Crippen molar-refractivity contribution in [2.24, 2.45) is 0 Å². The van der Waals surface area contributed by atoms with Crippen LogP contribution in [-0.2, 0) is 0 Å². The zero-order valence-corrected chi connectivity index (χ0v) is 25.3. The monoisotopic (exact) mass is 458 g/mol. The van der Waals surface area contributed by atoms with E-state index in [1.807, 2.05) is 0 Å². The first-order chi connectivity index (χ1) is 14.5. The van der Waals surface area contributed by atoms with Crippen molar-refractivity contribution in [2.75, 3.05) is 0 Å². The molecule has 0 nitrogen and oxygen atoms in total. The molecule has 0 bridgehead atoms. The first-order valence-corrected chi connectivity index (χ1v) is 19.3. The molecule has 0 amide bonds. The molecule has 0 aromatic heterocycles.